The number of alkyl halides is 3. The van der Waals surface area contributed by atoms with Crippen molar-refractivity contribution in [3.05, 3.63) is 29.8 Å². The van der Waals surface area contributed by atoms with Gasteiger partial charge in [0, 0.05) is 19.1 Å². The zero-order valence-corrected chi connectivity index (χ0v) is 15.1. The van der Waals surface area contributed by atoms with Crippen LogP contribution in [0.4, 0.5) is 13.2 Å². The summed E-state index contributed by atoms with van der Waals surface area (Å²) in [5, 5.41) is 0. The summed E-state index contributed by atoms with van der Waals surface area (Å²) in [6, 6.07) is 4.82. The van der Waals surface area contributed by atoms with Gasteiger partial charge < -0.3 is 15.4 Å². The molecule has 1 aliphatic rings. The molecular weight excluding hydrogens is 357 g/mol. The van der Waals surface area contributed by atoms with E-state index in [0.717, 1.165) is 18.9 Å². The maximum atomic E-state index is 13.0. The Labute approximate surface area is 151 Å². The number of nitrogens with two attached hydrogens (primary N) is 1. The first kappa shape index (κ1) is 21.6. The van der Waals surface area contributed by atoms with Gasteiger partial charge in [-0.05, 0) is 37.8 Å². The number of carbonyl (C=O) groups excluding carboxylic acids is 1. The van der Waals surface area contributed by atoms with Crippen LogP contribution in [0.15, 0.2) is 24.3 Å². The van der Waals surface area contributed by atoms with Crippen LogP contribution < -0.4 is 10.5 Å². The smallest absolute Gasteiger partial charge is 0.419 e. The molecule has 0 bridgehead atoms. The third kappa shape index (κ3) is 5.25. The monoisotopic (exact) mass is 380 g/mol. The molecule has 2 rings (SSSR count). The number of likely N-dealkylation sites (tertiary alicyclic amines) is 1. The van der Waals surface area contributed by atoms with Crippen molar-refractivity contribution in [1.29, 1.82) is 0 Å². The van der Waals surface area contributed by atoms with Crippen LogP contribution >= 0.6 is 12.4 Å². The fourth-order valence-corrected chi connectivity index (χ4v) is 3.04. The van der Waals surface area contributed by atoms with Gasteiger partial charge in [0.1, 0.15) is 5.75 Å². The summed E-state index contributed by atoms with van der Waals surface area (Å²) < 4.78 is 44.4. The maximum Gasteiger partial charge on any atom is 0.419 e. The highest BCUT2D eigenvalue weighted by Crippen LogP contribution is 2.36. The van der Waals surface area contributed by atoms with Crippen LogP contribution in [0.5, 0.6) is 5.75 Å². The molecule has 0 saturated carbocycles. The third-order valence-electron chi connectivity index (χ3n) is 4.38. The van der Waals surface area contributed by atoms with Crippen LogP contribution in [0.1, 0.15) is 32.3 Å². The second-order valence-corrected chi connectivity index (χ2v) is 6.30. The molecular formula is C17H24ClF3N2O2. The lowest BCUT2D eigenvalue weighted by Gasteiger charge is -2.39. The molecule has 3 atom stereocenters. The Bertz CT molecular complexity index is 583. The maximum absolute atomic E-state index is 13.0. The van der Waals surface area contributed by atoms with Crippen molar-refractivity contribution in [2.75, 3.05) is 13.1 Å². The molecule has 2 N–H and O–H groups in total. The lowest BCUT2D eigenvalue weighted by Crippen LogP contribution is -2.53. The van der Waals surface area contributed by atoms with Gasteiger partial charge >= 0.3 is 6.18 Å². The first-order valence-electron chi connectivity index (χ1n) is 8.07. The van der Waals surface area contributed by atoms with Crippen molar-refractivity contribution >= 4 is 18.3 Å². The van der Waals surface area contributed by atoms with Gasteiger partial charge in [0.25, 0.3) is 5.91 Å². The third-order valence-corrected chi connectivity index (χ3v) is 4.38. The predicted octanol–water partition coefficient (Wildman–Crippen LogP) is 3.48. The normalized spacial score (nSPS) is 22.1. The zero-order chi connectivity index (χ0) is 17.9. The van der Waals surface area contributed by atoms with E-state index < -0.39 is 17.8 Å². The fraction of sp³-hybridized carbons (Fsp3) is 0.588. The largest absolute Gasteiger partial charge is 0.480 e. The Morgan fingerprint density at radius 3 is 2.64 bits per heavy atom. The highest BCUT2D eigenvalue weighted by Gasteiger charge is 2.36. The van der Waals surface area contributed by atoms with E-state index in [-0.39, 0.29) is 30.1 Å². The van der Waals surface area contributed by atoms with Gasteiger partial charge in [0.2, 0.25) is 0 Å². The van der Waals surface area contributed by atoms with Crippen molar-refractivity contribution in [2.45, 2.75) is 45.0 Å². The van der Waals surface area contributed by atoms with Gasteiger partial charge in [-0.25, -0.2) is 0 Å². The number of nitrogens with zero attached hydrogens (tertiary/aromatic N) is 1. The van der Waals surface area contributed by atoms with E-state index in [2.05, 4.69) is 6.92 Å². The van der Waals surface area contributed by atoms with E-state index in [1.165, 1.54) is 25.1 Å². The summed E-state index contributed by atoms with van der Waals surface area (Å²) >= 11 is 0. The summed E-state index contributed by atoms with van der Waals surface area (Å²) in [5.74, 6) is -0.181. The topological polar surface area (TPSA) is 55.6 Å². The molecule has 1 fully saturated rings. The second-order valence-electron chi connectivity index (χ2n) is 6.30. The van der Waals surface area contributed by atoms with E-state index in [1.54, 1.807) is 4.90 Å². The van der Waals surface area contributed by atoms with Crippen LogP contribution in [-0.2, 0) is 11.0 Å². The lowest BCUT2D eigenvalue weighted by atomic mass is 9.92. The van der Waals surface area contributed by atoms with E-state index in [1.807, 2.05) is 0 Å². The summed E-state index contributed by atoms with van der Waals surface area (Å²) in [5.41, 5.74) is 4.86. The molecule has 1 amide bonds. The summed E-state index contributed by atoms with van der Waals surface area (Å²) in [7, 11) is 0. The van der Waals surface area contributed by atoms with Crippen LogP contribution in [0.25, 0.3) is 0 Å². The zero-order valence-electron chi connectivity index (χ0n) is 14.3. The van der Waals surface area contributed by atoms with Crippen molar-refractivity contribution in [1.82, 2.24) is 4.90 Å². The number of hydrogen-bond donors (Lipinski definition) is 1. The van der Waals surface area contributed by atoms with Gasteiger partial charge in [0.15, 0.2) is 6.10 Å². The van der Waals surface area contributed by atoms with Gasteiger partial charge in [-0.15, -0.1) is 12.4 Å². The minimum Gasteiger partial charge on any atom is -0.480 e. The van der Waals surface area contributed by atoms with Crippen molar-refractivity contribution < 1.29 is 22.7 Å². The summed E-state index contributed by atoms with van der Waals surface area (Å²) in [6.45, 7) is 4.46. The second kappa shape index (κ2) is 8.76. The number of hydrogen-bond acceptors (Lipinski definition) is 3. The number of rotatable bonds is 4. The van der Waals surface area contributed by atoms with Crippen LogP contribution in [0, 0.1) is 5.92 Å². The molecule has 0 radical (unpaired) electrons. The number of benzene rings is 1. The summed E-state index contributed by atoms with van der Waals surface area (Å²) in [6.07, 6.45) is -3.88. The summed E-state index contributed by atoms with van der Waals surface area (Å²) in [4.78, 5) is 14.2. The predicted molar refractivity (Wildman–Crippen MR) is 91.7 cm³/mol. The van der Waals surface area contributed by atoms with E-state index in [9.17, 15) is 18.0 Å². The quantitative estimate of drug-likeness (QED) is 0.870. The van der Waals surface area contributed by atoms with E-state index in [0.29, 0.717) is 19.0 Å². The number of piperidine rings is 1. The average molecular weight is 381 g/mol. The highest BCUT2D eigenvalue weighted by atomic mass is 35.5. The molecule has 4 nitrogen and oxygen atoms in total. The lowest BCUT2D eigenvalue weighted by molar-refractivity contribution is -0.145. The number of amides is 1. The van der Waals surface area contributed by atoms with Crippen molar-refractivity contribution in [3.63, 3.8) is 0 Å². The molecule has 1 saturated heterocycles. The van der Waals surface area contributed by atoms with Gasteiger partial charge in [-0.1, -0.05) is 19.1 Å². The SMILES string of the molecule is CC1CCN(C(=O)C(C)Oc2ccccc2C(F)(F)F)C(CN)C1.Cl. The molecule has 0 aliphatic carbocycles. The van der Waals surface area contributed by atoms with Crippen molar-refractivity contribution in [3.8, 4) is 5.75 Å². The highest BCUT2D eigenvalue weighted by molar-refractivity contribution is 5.85. The molecule has 3 unspecified atom stereocenters. The number of ether oxygens (including phenoxy) is 1. The minimum atomic E-state index is -4.53. The van der Waals surface area contributed by atoms with Gasteiger partial charge in [-0.3, -0.25) is 4.79 Å². The van der Waals surface area contributed by atoms with Gasteiger partial charge in [-0.2, -0.15) is 13.2 Å². The molecule has 8 heteroatoms. The Hall–Kier alpha value is -1.47. The van der Waals surface area contributed by atoms with Gasteiger partial charge in [0.05, 0.1) is 5.56 Å². The molecule has 25 heavy (non-hydrogen) atoms. The van der Waals surface area contributed by atoms with E-state index >= 15 is 0 Å². The Balaban J connectivity index is 0.00000312. The average Bonchev–Trinajstić information content (AvgIpc) is 2.53. The Kier molecular flexibility index (Phi) is 7.56. The molecule has 142 valence electrons. The number of halogens is 4. The number of carbonyl (C=O) groups is 1. The first-order valence-corrected chi connectivity index (χ1v) is 8.07. The first-order chi connectivity index (χ1) is 11.2. The molecule has 1 aliphatic heterocycles. The Morgan fingerprint density at radius 1 is 1.40 bits per heavy atom. The van der Waals surface area contributed by atoms with Crippen molar-refractivity contribution in [2.24, 2.45) is 11.7 Å². The Morgan fingerprint density at radius 2 is 2.04 bits per heavy atom. The van der Waals surface area contributed by atoms with E-state index in [4.69, 9.17) is 10.5 Å². The minimum absolute atomic E-state index is 0. The molecule has 0 aromatic heterocycles. The standard InChI is InChI=1S/C17H23F3N2O2.ClH/c1-11-7-8-22(13(9-11)10-21)16(23)12(2)24-15-6-4-3-5-14(15)17(18,19)20;/h3-6,11-13H,7-10,21H2,1-2H3;1H. The van der Waals surface area contributed by atoms with Crippen LogP contribution in [-0.4, -0.2) is 36.0 Å². The molecule has 0 spiro atoms. The number of para-hydroxylation sites is 1. The molecule has 1 aromatic carbocycles. The van der Waals surface area contributed by atoms with Crippen LogP contribution in [0.3, 0.4) is 0 Å². The van der Waals surface area contributed by atoms with Crippen LogP contribution in [0.2, 0.25) is 0 Å². The molecule has 1 aromatic rings. The fourth-order valence-electron chi connectivity index (χ4n) is 3.04. The molecule has 1 heterocycles.